The highest BCUT2D eigenvalue weighted by atomic mass is 35.5. The van der Waals surface area contributed by atoms with Gasteiger partial charge in [0.1, 0.15) is 22.3 Å². The van der Waals surface area contributed by atoms with Crippen molar-refractivity contribution >= 4 is 52.6 Å². The Bertz CT molecular complexity index is 1970. The Morgan fingerprint density at radius 3 is 2.35 bits per heavy atom. The van der Waals surface area contributed by atoms with Crippen LogP contribution in [0.1, 0.15) is 65.9 Å². The van der Waals surface area contributed by atoms with Crippen molar-refractivity contribution in [1.82, 2.24) is 30.3 Å². The van der Waals surface area contributed by atoms with E-state index >= 15 is 0 Å². The van der Waals surface area contributed by atoms with E-state index in [0.29, 0.717) is 48.5 Å². The van der Waals surface area contributed by atoms with Crippen LogP contribution in [0.3, 0.4) is 0 Å². The molecule has 234 valence electrons. The van der Waals surface area contributed by atoms with E-state index in [-0.39, 0.29) is 39.7 Å². The highest BCUT2D eigenvalue weighted by Crippen LogP contribution is 2.47. The Balaban J connectivity index is 1.23. The number of anilines is 2. The summed E-state index contributed by atoms with van der Waals surface area (Å²) >= 11 is 12.2. The van der Waals surface area contributed by atoms with Crippen molar-refractivity contribution in [1.29, 1.82) is 5.26 Å². The highest BCUT2D eigenvalue weighted by molar-refractivity contribution is 6.35. The lowest BCUT2D eigenvalue weighted by Gasteiger charge is -2.27. The zero-order valence-electron chi connectivity index (χ0n) is 24.5. The molecule has 1 aliphatic heterocycles. The lowest BCUT2D eigenvalue weighted by atomic mass is 9.91. The maximum absolute atomic E-state index is 14.3. The normalized spacial score (nSPS) is 20.2. The molecule has 0 radical (unpaired) electrons. The monoisotopic (exact) mass is 662 g/mol. The molecule has 2 fully saturated rings. The van der Waals surface area contributed by atoms with Crippen molar-refractivity contribution in [3.05, 3.63) is 87.0 Å². The molecule has 2 aromatic carbocycles. The van der Waals surface area contributed by atoms with Crippen LogP contribution in [0.25, 0.3) is 0 Å². The van der Waals surface area contributed by atoms with Gasteiger partial charge < -0.3 is 15.2 Å². The third-order valence-electron chi connectivity index (χ3n) is 8.77. The first-order chi connectivity index (χ1) is 21.9. The molecule has 46 heavy (non-hydrogen) atoms. The van der Waals surface area contributed by atoms with E-state index in [1.54, 1.807) is 38.1 Å². The number of aryl methyl sites for hydroxylation is 1. The topological polar surface area (TPSA) is 159 Å². The van der Waals surface area contributed by atoms with Crippen LogP contribution in [0.4, 0.5) is 16.0 Å². The zero-order chi connectivity index (χ0) is 32.6. The van der Waals surface area contributed by atoms with Gasteiger partial charge in [0, 0.05) is 6.42 Å². The first-order valence-corrected chi connectivity index (χ1v) is 15.2. The van der Waals surface area contributed by atoms with Gasteiger partial charge in [0.25, 0.3) is 17.7 Å². The Hall–Kier alpha value is -4.80. The predicted molar refractivity (Wildman–Crippen MR) is 162 cm³/mol. The SMILES string of the molecule is Cc1noc(C2(NC(=O)C3(NC(=O)c4cnc5n4[C@](C)(Cc4ccc(C#N)cc4)C(=O)N5c4cc(Cl)c(F)c(Cl)c4)CC3)CC2)n1. The molecule has 1 atom stereocenters. The summed E-state index contributed by atoms with van der Waals surface area (Å²) < 4.78 is 21.1. The molecule has 0 unspecified atom stereocenters. The number of aromatic nitrogens is 4. The second-order valence-electron chi connectivity index (χ2n) is 12.1. The number of hydrogen-bond donors (Lipinski definition) is 2. The molecular formula is C31H25Cl2FN8O4. The van der Waals surface area contributed by atoms with Crippen LogP contribution in [0.5, 0.6) is 0 Å². The van der Waals surface area contributed by atoms with Crippen molar-refractivity contribution in [2.45, 2.75) is 62.6 Å². The van der Waals surface area contributed by atoms with E-state index < -0.39 is 34.2 Å². The van der Waals surface area contributed by atoms with Crippen molar-refractivity contribution in [2.24, 2.45) is 0 Å². The molecule has 3 amide bonds. The smallest absolute Gasteiger partial charge is 0.270 e. The number of halogens is 3. The number of nitriles is 1. The number of rotatable bonds is 8. The number of imidazole rings is 1. The van der Waals surface area contributed by atoms with Crippen LogP contribution in [0.2, 0.25) is 10.0 Å². The summed E-state index contributed by atoms with van der Waals surface area (Å²) in [6, 6.07) is 11.3. The van der Waals surface area contributed by atoms with Gasteiger partial charge in [0.05, 0.1) is 33.6 Å². The highest BCUT2D eigenvalue weighted by Gasteiger charge is 2.58. The average Bonchev–Trinajstić information content (AvgIpc) is 3.87. The zero-order valence-corrected chi connectivity index (χ0v) is 26.0. The van der Waals surface area contributed by atoms with Crippen LogP contribution in [-0.4, -0.2) is 43.0 Å². The molecule has 0 spiro atoms. The number of carbonyl (C=O) groups is 3. The molecule has 7 rings (SSSR count). The fraction of sp³-hybridized carbons (Fsp3) is 0.323. The quantitative estimate of drug-likeness (QED) is 0.259. The third-order valence-corrected chi connectivity index (χ3v) is 9.32. The minimum atomic E-state index is -1.41. The third kappa shape index (κ3) is 4.71. The number of benzene rings is 2. The summed E-state index contributed by atoms with van der Waals surface area (Å²) in [6.07, 6.45) is 3.51. The van der Waals surface area contributed by atoms with Gasteiger partial charge in [-0.15, -0.1) is 0 Å². The fourth-order valence-corrected chi connectivity index (χ4v) is 6.36. The van der Waals surface area contributed by atoms with Gasteiger partial charge in [-0.2, -0.15) is 10.2 Å². The molecular weight excluding hydrogens is 638 g/mol. The van der Waals surface area contributed by atoms with Gasteiger partial charge in [-0.3, -0.25) is 19.0 Å². The maximum Gasteiger partial charge on any atom is 0.270 e. The molecule has 2 N–H and O–H groups in total. The Morgan fingerprint density at radius 1 is 1.11 bits per heavy atom. The fourth-order valence-electron chi connectivity index (χ4n) is 5.89. The van der Waals surface area contributed by atoms with Gasteiger partial charge in [-0.25, -0.2) is 14.3 Å². The van der Waals surface area contributed by atoms with Gasteiger partial charge in [0.2, 0.25) is 11.9 Å². The molecule has 4 aromatic rings. The van der Waals surface area contributed by atoms with Gasteiger partial charge in [0.15, 0.2) is 11.6 Å². The van der Waals surface area contributed by atoms with Gasteiger partial charge >= 0.3 is 0 Å². The minimum Gasteiger partial charge on any atom is -0.340 e. The molecule has 2 saturated carbocycles. The number of carbonyl (C=O) groups excluding carboxylic acids is 3. The van der Waals surface area contributed by atoms with Crippen LogP contribution in [0.15, 0.2) is 47.1 Å². The largest absolute Gasteiger partial charge is 0.340 e. The first kappa shape index (κ1) is 29.9. The Labute approximate surface area is 271 Å². The lowest BCUT2D eigenvalue weighted by Crippen LogP contribution is -2.52. The van der Waals surface area contributed by atoms with E-state index in [9.17, 15) is 24.0 Å². The predicted octanol–water partition coefficient (Wildman–Crippen LogP) is 4.60. The molecule has 2 aromatic heterocycles. The average molecular weight is 663 g/mol. The number of hydrogen-bond acceptors (Lipinski definition) is 8. The first-order valence-electron chi connectivity index (χ1n) is 14.4. The number of nitrogens with zero attached hydrogens (tertiary/aromatic N) is 6. The summed E-state index contributed by atoms with van der Waals surface area (Å²) in [6.45, 7) is 3.35. The summed E-state index contributed by atoms with van der Waals surface area (Å²) in [7, 11) is 0. The summed E-state index contributed by atoms with van der Waals surface area (Å²) in [5.41, 5.74) is -1.99. The minimum absolute atomic E-state index is 0.0361. The summed E-state index contributed by atoms with van der Waals surface area (Å²) in [4.78, 5) is 51.7. The maximum atomic E-state index is 14.3. The molecule has 2 aliphatic carbocycles. The van der Waals surface area contributed by atoms with Crippen molar-refractivity contribution in [2.75, 3.05) is 4.90 Å². The molecule has 0 saturated heterocycles. The Morgan fingerprint density at radius 2 is 1.78 bits per heavy atom. The molecule has 15 heteroatoms. The number of amides is 3. The van der Waals surface area contributed by atoms with E-state index in [1.807, 2.05) is 0 Å². The van der Waals surface area contributed by atoms with E-state index in [4.69, 9.17) is 27.7 Å². The summed E-state index contributed by atoms with van der Waals surface area (Å²) in [5, 5.41) is 18.4. The van der Waals surface area contributed by atoms with Crippen molar-refractivity contribution in [3.63, 3.8) is 0 Å². The number of nitrogens with one attached hydrogen (secondary N) is 2. The van der Waals surface area contributed by atoms with Crippen molar-refractivity contribution in [3.8, 4) is 6.07 Å². The van der Waals surface area contributed by atoms with Gasteiger partial charge in [-0.05, 0) is 69.4 Å². The second kappa shape index (κ2) is 10.4. The molecule has 12 nitrogen and oxygen atoms in total. The van der Waals surface area contributed by atoms with E-state index in [1.165, 1.54) is 27.8 Å². The van der Waals surface area contributed by atoms with Crippen LogP contribution >= 0.6 is 23.2 Å². The van der Waals surface area contributed by atoms with Crippen LogP contribution in [-0.2, 0) is 27.1 Å². The van der Waals surface area contributed by atoms with Gasteiger partial charge in [-0.1, -0.05) is 40.5 Å². The van der Waals surface area contributed by atoms with Crippen LogP contribution in [0, 0.1) is 24.1 Å². The molecule has 0 bridgehead atoms. The lowest BCUT2D eigenvalue weighted by molar-refractivity contribution is -0.125. The van der Waals surface area contributed by atoms with E-state index in [2.05, 4.69) is 31.8 Å². The molecule has 3 heterocycles. The van der Waals surface area contributed by atoms with E-state index in [0.717, 1.165) is 0 Å². The van der Waals surface area contributed by atoms with Crippen molar-refractivity contribution < 1.29 is 23.3 Å². The molecule has 3 aliphatic rings. The standard InChI is InChI=1S/C31H25Cl2FN8O4/c1-16-37-26(46-40-16)31(9-10-31)39-25(44)30(7-8-30)38-24(43)22-15-36-28-41(19-11-20(32)23(34)21(33)12-19)27(45)29(2,42(22)28)13-17-3-5-18(14-35)6-4-17/h3-6,11-12,15H,7-10,13H2,1-2H3,(H,38,43)(H,39,44)/t29-/m1/s1. The Kier molecular flexibility index (Phi) is 6.73. The second-order valence-corrected chi connectivity index (χ2v) is 12.9. The summed E-state index contributed by atoms with van der Waals surface area (Å²) in [5.74, 6) is -1.42. The number of fused-ring (bicyclic) bond motifs is 1. The van der Waals surface area contributed by atoms with Crippen LogP contribution < -0.4 is 15.5 Å².